The van der Waals surface area contributed by atoms with Crippen molar-refractivity contribution in [1.82, 2.24) is 9.78 Å². The summed E-state index contributed by atoms with van der Waals surface area (Å²) < 4.78 is 7.53. The van der Waals surface area contributed by atoms with E-state index in [0.717, 1.165) is 5.56 Å². The number of para-hydroxylation sites is 1. The number of hydrogen-bond donors (Lipinski definition) is 0. The molecule has 0 saturated carbocycles. The Hall–Kier alpha value is -3.13. The van der Waals surface area contributed by atoms with Gasteiger partial charge in [0.15, 0.2) is 0 Å². The van der Waals surface area contributed by atoms with Crippen LogP contribution in [0.1, 0.15) is 63.2 Å². The first-order chi connectivity index (χ1) is 15.3. The lowest BCUT2D eigenvalue weighted by Gasteiger charge is -2.22. The molecule has 0 aliphatic rings. The number of rotatable bonds is 5. The molecule has 7 nitrogen and oxygen atoms in total. The lowest BCUT2D eigenvalue weighted by Crippen LogP contribution is -2.25. The van der Waals surface area contributed by atoms with Crippen LogP contribution in [0.5, 0.6) is 5.88 Å². The predicted octanol–water partition coefficient (Wildman–Crippen LogP) is 6.52. The second-order valence-corrected chi connectivity index (χ2v) is 10.9. The molecule has 0 bridgehead atoms. The summed E-state index contributed by atoms with van der Waals surface area (Å²) in [6, 6.07) is 13.8. The molecule has 1 heterocycles. The van der Waals surface area contributed by atoms with Crippen molar-refractivity contribution in [2.24, 2.45) is 0 Å². The first kappa shape index (κ1) is 24.5. The van der Waals surface area contributed by atoms with Gasteiger partial charge in [-0.05, 0) is 56.9 Å². The third-order valence-electron chi connectivity index (χ3n) is 5.05. The van der Waals surface area contributed by atoms with Crippen LogP contribution in [0.4, 0.5) is 5.69 Å². The van der Waals surface area contributed by atoms with E-state index in [2.05, 4.69) is 25.9 Å². The quantitative estimate of drug-likeness (QED) is 0.241. The molecular weight excluding hydrogens is 438 g/mol. The Bertz CT molecular complexity index is 1190. The molecule has 1 aromatic heterocycles. The second-order valence-electron chi connectivity index (χ2n) is 9.85. The summed E-state index contributed by atoms with van der Waals surface area (Å²) in [7, 11) is 0. The van der Waals surface area contributed by atoms with Gasteiger partial charge in [0.2, 0.25) is 5.88 Å². The Morgan fingerprint density at radius 3 is 2.18 bits per heavy atom. The van der Waals surface area contributed by atoms with E-state index in [-0.39, 0.29) is 17.0 Å². The first-order valence-corrected chi connectivity index (χ1v) is 11.4. The maximum absolute atomic E-state index is 13.1. The number of carbonyl (C=O) groups is 1. The fourth-order valence-electron chi connectivity index (χ4n) is 3.21. The smallest absolute Gasteiger partial charge is 0.344 e. The van der Waals surface area contributed by atoms with Crippen LogP contribution in [-0.4, -0.2) is 20.7 Å². The summed E-state index contributed by atoms with van der Waals surface area (Å²) in [5.74, 6) is -0.238. The number of ether oxygens (including phenoxy) is 1. The van der Waals surface area contributed by atoms with E-state index in [1.807, 2.05) is 32.9 Å². The van der Waals surface area contributed by atoms with Crippen LogP contribution >= 0.6 is 11.8 Å². The van der Waals surface area contributed by atoms with Crippen LogP contribution in [0, 0.1) is 17.0 Å². The van der Waals surface area contributed by atoms with Crippen molar-refractivity contribution in [3.05, 3.63) is 75.5 Å². The van der Waals surface area contributed by atoms with Crippen molar-refractivity contribution >= 4 is 23.4 Å². The van der Waals surface area contributed by atoms with Gasteiger partial charge in [0.25, 0.3) is 5.69 Å². The standard InChI is InChI=1S/C25H29N3O4S/c1-16-21(33-20-11-9-8-10-19(20)28(30)31)22(27(26-16)25(5,6)7)32-23(29)17-12-14-18(15-13-17)24(2,3)4/h8-15H,1-7H3. The Morgan fingerprint density at radius 2 is 1.64 bits per heavy atom. The van der Waals surface area contributed by atoms with Crippen molar-refractivity contribution < 1.29 is 14.5 Å². The van der Waals surface area contributed by atoms with E-state index in [1.165, 1.54) is 17.8 Å². The summed E-state index contributed by atoms with van der Waals surface area (Å²) in [5, 5.41) is 16.1. The highest BCUT2D eigenvalue weighted by molar-refractivity contribution is 7.99. The van der Waals surface area contributed by atoms with E-state index in [4.69, 9.17) is 4.74 Å². The second kappa shape index (κ2) is 9.02. The minimum atomic E-state index is -0.509. The molecule has 0 atom stereocenters. The van der Waals surface area contributed by atoms with Crippen molar-refractivity contribution in [2.45, 2.75) is 69.2 Å². The molecule has 2 aromatic carbocycles. The van der Waals surface area contributed by atoms with Crippen LogP contribution in [-0.2, 0) is 11.0 Å². The van der Waals surface area contributed by atoms with Gasteiger partial charge in [-0.15, -0.1) is 0 Å². The number of nitrogens with zero attached hydrogens (tertiary/aromatic N) is 3. The Kier molecular flexibility index (Phi) is 6.70. The van der Waals surface area contributed by atoms with E-state index in [9.17, 15) is 14.9 Å². The number of nitro groups is 1. The molecule has 0 radical (unpaired) electrons. The Labute approximate surface area is 198 Å². The third-order valence-corrected chi connectivity index (χ3v) is 6.29. The van der Waals surface area contributed by atoms with Crippen molar-refractivity contribution in [2.75, 3.05) is 0 Å². The zero-order valence-electron chi connectivity index (χ0n) is 20.0. The zero-order chi connectivity index (χ0) is 24.6. The first-order valence-electron chi connectivity index (χ1n) is 10.6. The Morgan fingerprint density at radius 1 is 1.03 bits per heavy atom. The van der Waals surface area contributed by atoms with Crippen molar-refractivity contribution in [1.29, 1.82) is 0 Å². The fraction of sp³-hybridized carbons (Fsp3) is 0.360. The van der Waals surface area contributed by atoms with Crippen LogP contribution < -0.4 is 4.74 Å². The lowest BCUT2D eigenvalue weighted by atomic mass is 9.87. The number of esters is 1. The molecule has 0 N–H and O–H groups in total. The number of aryl methyl sites for hydroxylation is 1. The summed E-state index contributed by atoms with van der Waals surface area (Å²) in [4.78, 5) is 25.2. The van der Waals surface area contributed by atoms with Crippen molar-refractivity contribution in [3.63, 3.8) is 0 Å². The van der Waals surface area contributed by atoms with Gasteiger partial charge in [0.05, 0.1) is 31.5 Å². The number of nitro benzene ring substituents is 1. The minimum Gasteiger partial charge on any atom is -0.403 e. The Balaban J connectivity index is 2.02. The number of benzene rings is 2. The number of hydrogen-bond acceptors (Lipinski definition) is 6. The minimum absolute atomic E-state index is 0.0135. The number of carbonyl (C=O) groups excluding carboxylic acids is 1. The monoisotopic (exact) mass is 467 g/mol. The maximum atomic E-state index is 13.1. The van der Waals surface area contributed by atoms with E-state index in [1.54, 1.807) is 41.9 Å². The highest BCUT2D eigenvalue weighted by Gasteiger charge is 2.29. The molecule has 0 spiro atoms. The average molecular weight is 468 g/mol. The topological polar surface area (TPSA) is 87.3 Å². The van der Waals surface area contributed by atoms with Crippen LogP contribution in [0.25, 0.3) is 0 Å². The molecule has 33 heavy (non-hydrogen) atoms. The molecule has 0 aliphatic carbocycles. The highest BCUT2D eigenvalue weighted by Crippen LogP contribution is 2.43. The van der Waals surface area contributed by atoms with Gasteiger partial charge >= 0.3 is 5.97 Å². The fourth-order valence-corrected chi connectivity index (χ4v) is 4.23. The summed E-state index contributed by atoms with van der Waals surface area (Å²) in [6.07, 6.45) is 0. The molecule has 0 fully saturated rings. The van der Waals surface area contributed by atoms with Crippen LogP contribution in [0.2, 0.25) is 0 Å². The van der Waals surface area contributed by atoms with Gasteiger partial charge in [0.1, 0.15) is 0 Å². The largest absolute Gasteiger partial charge is 0.403 e. The van der Waals surface area contributed by atoms with E-state index in [0.29, 0.717) is 21.0 Å². The normalized spacial score (nSPS) is 12.0. The van der Waals surface area contributed by atoms with Crippen LogP contribution in [0.15, 0.2) is 58.3 Å². The van der Waals surface area contributed by atoms with Gasteiger partial charge in [-0.25, -0.2) is 9.48 Å². The average Bonchev–Trinajstić information content (AvgIpc) is 3.03. The molecule has 8 heteroatoms. The number of aromatic nitrogens is 2. The highest BCUT2D eigenvalue weighted by atomic mass is 32.2. The molecule has 3 aromatic rings. The molecule has 3 rings (SSSR count). The van der Waals surface area contributed by atoms with Gasteiger partial charge in [0, 0.05) is 6.07 Å². The van der Waals surface area contributed by atoms with E-state index < -0.39 is 16.4 Å². The third kappa shape index (κ3) is 5.45. The summed E-state index contributed by atoms with van der Waals surface area (Å²) in [5.41, 5.74) is 1.64. The molecule has 0 saturated heterocycles. The molecule has 0 amide bonds. The van der Waals surface area contributed by atoms with Crippen LogP contribution in [0.3, 0.4) is 0 Å². The molecular formula is C25H29N3O4S. The predicted molar refractivity (Wildman–Crippen MR) is 129 cm³/mol. The maximum Gasteiger partial charge on any atom is 0.344 e. The molecule has 0 aliphatic heterocycles. The summed E-state index contributed by atoms with van der Waals surface area (Å²) >= 11 is 1.17. The van der Waals surface area contributed by atoms with Gasteiger partial charge < -0.3 is 4.74 Å². The van der Waals surface area contributed by atoms with Gasteiger partial charge in [-0.3, -0.25) is 10.1 Å². The van der Waals surface area contributed by atoms with Gasteiger partial charge in [-0.1, -0.05) is 56.8 Å². The molecule has 0 unspecified atom stereocenters. The van der Waals surface area contributed by atoms with Gasteiger partial charge in [-0.2, -0.15) is 5.10 Å². The summed E-state index contributed by atoms with van der Waals surface area (Å²) in [6.45, 7) is 14.0. The van der Waals surface area contributed by atoms with E-state index >= 15 is 0 Å². The molecule has 174 valence electrons. The lowest BCUT2D eigenvalue weighted by molar-refractivity contribution is -0.387. The SMILES string of the molecule is Cc1nn(C(C)(C)C)c(OC(=O)c2ccc(C(C)(C)C)cc2)c1Sc1ccccc1[N+](=O)[O-]. The van der Waals surface area contributed by atoms with Crippen molar-refractivity contribution in [3.8, 4) is 5.88 Å². The zero-order valence-corrected chi connectivity index (χ0v) is 20.8.